The highest BCUT2D eigenvalue weighted by molar-refractivity contribution is 5.14. The molecule has 0 spiro atoms. The smallest absolute Gasteiger partial charge is 0.246 e. The number of aromatic nitrogens is 3. The van der Waals surface area contributed by atoms with Crippen molar-refractivity contribution < 1.29 is 4.52 Å². The molecule has 0 saturated carbocycles. The molecule has 0 bridgehead atoms. The van der Waals surface area contributed by atoms with Crippen molar-refractivity contribution in [1.29, 1.82) is 0 Å². The fraction of sp³-hybridized carbons (Fsp3) is 0.500. The molecule has 2 aromatic heterocycles. The topological polar surface area (TPSA) is 63.8 Å². The highest BCUT2D eigenvalue weighted by atomic mass is 16.5. The maximum Gasteiger partial charge on any atom is 0.246 e. The van der Waals surface area contributed by atoms with E-state index < -0.39 is 0 Å². The fourth-order valence-corrected chi connectivity index (χ4v) is 2.47. The fourth-order valence-electron chi connectivity index (χ4n) is 2.47. The van der Waals surface area contributed by atoms with Crippen LogP contribution in [0.15, 0.2) is 29.0 Å². The Hall–Kier alpha value is -1.75. The van der Waals surface area contributed by atoms with Gasteiger partial charge in [0.1, 0.15) is 0 Å². The summed E-state index contributed by atoms with van der Waals surface area (Å²) in [4.78, 5) is 8.63. The molecule has 1 fully saturated rings. The van der Waals surface area contributed by atoms with Crippen LogP contribution < -0.4 is 5.32 Å². The van der Waals surface area contributed by atoms with Crippen LogP contribution >= 0.6 is 0 Å². The molecule has 0 aromatic carbocycles. The average molecular weight is 258 g/mol. The largest absolute Gasteiger partial charge is 0.337 e. The van der Waals surface area contributed by atoms with Gasteiger partial charge in [0.2, 0.25) is 5.89 Å². The Morgan fingerprint density at radius 2 is 2.37 bits per heavy atom. The van der Waals surface area contributed by atoms with Gasteiger partial charge in [-0.05, 0) is 44.4 Å². The van der Waals surface area contributed by atoms with Gasteiger partial charge in [0.15, 0.2) is 5.82 Å². The minimum Gasteiger partial charge on any atom is -0.337 e. The lowest BCUT2D eigenvalue weighted by Gasteiger charge is -2.31. The Kier molecular flexibility index (Phi) is 3.29. The highest BCUT2D eigenvalue weighted by Crippen LogP contribution is 2.28. The van der Waals surface area contributed by atoms with Gasteiger partial charge >= 0.3 is 0 Å². The molecule has 0 aliphatic carbocycles. The van der Waals surface area contributed by atoms with Crippen LogP contribution in [0.5, 0.6) is 0 Å². The van der Waals surface area contributed by atoms with E-state index in [-0.39, 0.29) is 5.54 Å². The van der Waals surface area contributed by atoms with E-state index in [2.05, 4.69) is 27.4 Å². The van der Waals surface area contributed by atoms with Crippen molar-refractivity contribution in [2.24, 2.45) is 0 Å². The predicted molar refractivity (Wildman–Crippen MR) is 70.5 cm³/mol. The van der Waals surface area contributed by atoms with Crippen molar-refractivity contribution in [2.45, 2.75) is 38.1 Å². The highest BCUT2D eigenvalue weighted by Gasteiger charge is 2.34. The molecule has 0 amide bonds. The standard InChI is InChI=1S/C14H18N4O/c1-14(6-2-3-8-16-14)13-17-12(18-19-13)9-11-5-4-7-15-10-11/h4-5,7,10,16H,2-3,6,8-9H2,1H3. The van der Waals surface area contributed by atoms with E-state index in [0.29, 0.717) is 12.3 Å². The van der Waals surface area contributed by atoms with E-state index in [1.54, 1.807) is 6.20 Å². The summed E-state index contributed by atoms with van der Waals surface area (Å²) in [5, 5.41) is 7.56. The Bertz CT molecular complexity index is 531. The van der Waals surface area contributed by atoms with Gasteiger partial charge in [-0.3, -0.25) is 4.98 Å². The summed E-state index contributed by atoms with van der Waals surface area (Å²) < 4.78 is 5.44. The van der Waals surface area contributed by atoms with Crippen LogP contribution in [0.25, 0.3) is 0 Å². The zero-order chi connectivity index (χ0) is 13.1. The molecule has 100 valence electrons. The number of nitrogens with one attached hydrogen (secondary N) is 1. The quantitative estimate of drug-likeness (QED) is 0.912. The van der Waals surface area contributed by atoms with E-state index in [4.69, 9.17) is 4.52 Å². The third-order valence-electron chi connectivity index (χ3n) is 3.64. The van der Waals surface area contributed by atoms with Crippen molar-refractivity contribution in [3.63, 3.8) is 0 Å². The van der Waals surface area contributed by atoms with E-state index in [0.717, 1.165) is 24.4 Å². The normalized spacial score (nSPS) is 23.4. The summed E-state index contributed by atoms with van der Waals surface area (Å²) in [6.07, 6.45) is 7.71. The van der Waals surface area contributed by atoms with Crippen molar-refractivity contribution in [1.82, 2.24) is 20.4 Å². The Balaban J connectivity index is 1.76. The molecule has 0 radical (unpaired) electrons. The van der Waals surface area contributed by atoms with Gasteiger partial charge in [-0.25, -0.2) is 0 Å². The monoisotopic (exact) mass is 258 g/mol. The molecule has 5 heteroatoms. The molecule has 1 aliphatic rings. The molecule has 19 heavy (non-hydrogen) atoms. The summed E-state index contributed by atoms with van der Waals surface area (Å²) in [5.74, 6) is 1.42. The zero-order valence-corrected chi connectivity index (χ0v) is 11.1. The van der Waals surface area contributed by atoms with Crippen LogP contribution in [0, 0.1) is 0 Å². The first-order valence-corrected chi connectivity index (χ1v) is 6.73. The number of piperidine rings is 1. The van der Waals surface area contributed by atoms with Gasteiger partial charge in [0, 0.05) is 18.8 Å². The second kappa shape index (κ2) is 5.09. The third kappa shape index (κ3) is 2.66. The molecular weight excluding hydrogens is 240 g/mol. The van der Waals surface area contributed by atoms with Gasteiger partial charge in [-0.1, -0.05) is 11.2 Å². The molecule has 1 unspecified atom stereocenters. The summed E-state index contributed by atoms with van der Waals surface area (Å²) in [5.41, 5.74) is 0.926. The molecule has 2 aromatic rings. The second-order valence-electron chi connectivity index (χ2n) is 5.27. The predicted octanol–water partition coefficient (Wildman–Crippen LogP) is 2.04. The Labute approximate surface area is 112 Å². The third-order valence-corrected chi connectivity index (χ3v) is 3.64. The summed E-state index contributed by atoms with van der Waals surface area (Å²) in [7, 11) is 0. The molecule has 1 N–H and O–H groups in total. The van der Waals surface area contributed by atoms with Crippen LogP contribution in [-0.2, 0) is 12.0 Å². The Morgan fingerprint density at radius 1 is 1.42 bits per heavy atom. The molecule has 3 heterocycles. The van der Waals surface area contributed by atoms with Gasteiger partial charge < -0.3 is 9.84 Å². The zero-order valence-electron chi connectivity index (χ0n) is 11.1. The number of hydrogen-bond donors (Lipinski definition) is 1. The van der Waals surface area contributed by atoms with Gasteiger partial charge in [-0.2, -0.15) is 4.98 Å². The average Bonchev–Trinajstić information content (AvgIpc) is 2.90. The molecule has 1 aliphatic heterocycles. The van der Waals surface area contributed by atoms with Crippen molar-refractivity contribution in [3.8, 4) is 0 Å². The summed E-state index contributed by atoms with van der Waals surface area (Å²) in [6.45, 7) is 3.14. The Morgan fingerprint density at radius 3 is 3.11 bits per heavy atom. The van der Waals surface area contributed by atoms with Crippen LogP contribution in [0.3, 0.4) is 0 Å². The van der Waals surface area contributed by atoms with Crippen molar-refractivity contribution in [2.75, 3.05) is 6.54 Å². The number of rotatable bonds is 3. The lowest BCUT2D eigenvalue weighted by atomic mass is 9.91. The lowest BCUT2D eigenvalue weighted by molar-refractivity contribution is 0.206. The van der Waals surface area contributed by atoms with Crippen molar-refractivity contribution >= 4 is 0 Å². The molecule has 1 saturated heterocycles. The van der Waals surface area contributed by atoms with Crippen LogP contribution in [0.1, 0.15) is 43.5 Å². The molecule has 3 rings (SSSR count). The lowest BCUT2D eigenvalue weighted by Crippen LogP contribution is -2.43. The van der Waals surface area contributed by atoms with E-state index >= 15 is 0 Å². The maximum atomic E-state index is 5.44. The van der Waals surface area contributed by atoms with Crippen molar-refractivity contribution in [3.05, 3.63) is 41.8 Å². The van der Waals surface area contributed by atoms with Crippen LogP contribution in [-0.4, -0.2) is 21.7 Å². The van der Waals surface area contributed by atoms with Gasteiger partial charge in [-0.15, -0.1) is 0 Å². The SMILES string of the molecule is CC1(c2nc(Cc3cccnc3)no2)CCCCN1. The first-order chi connectivity index (χ1) is 9.26. The molecular formula is C14H18N4O. The minimum atomic E-state index is -0.168. The number of hydrogen-bond acceptors (Lipinski definition) is 5. The number of nitrogens with zero attached hydrogens (tertiary/aromatic N) is 3. The van der Waals surface area contributed by atoms with Crippen LogP contribution in [0.4, 0.5) is 0 Å². The summed E-state index contributed by atoms with van der Waals surface area (Å²) in [6, 6.07) is 3.93. The van der Waals surface area contributed by atoms with Gasteiger partial charge in [0.25, 0.3) is 0 Å². The summed E-state index contributed by atoms with van der Waals surface area (Å²) >= 11 is 0. The van der Waals surface area contributed by atoms with Gasteiger partial charge in [0.05, 0.1) is 5.54 Å². The number of pyridine rings is 1. The first kappa shape index (κ1) is 12.3. The first-order valence-electron chi connectivity index (χ1n) is 6.73. The molecule has 5 nitrogen and oxygen atoms in total. The van der Waals surface area contributed by atoms with Crippen LogP contribution in [0.2, 0.25) is 0 Å². The molecule has 1 atom stereocenters. The minimum absolute atomic E-state index is 0.168. The maximum absolute atomic E-state index is 5.44. The van der Waals surface area contributed by atoms with E-state index in [9.17, 15) is 0 Å². The van der Waals surface area contributed by atoms with E-state index in [1.165, 1.54) is 12.8 Å². The van der Waals surface area contributed by atoms with E-state index in [1.807, 2.05) is 18.3 Å². The second-order valence-corrected chi connectivity index (χ2v) is 5.27.